The molecule has 4 rings (SSSR count). The van der Waals surface area contributed by atoms with E-state index in [1.807, 2.05) is 24.7 Å². The first-order chi connectivity index (χ1) is 12.6. The van der Waals surface area contributed by atoms with E-state index in [-0.39, 0.29) is 17.9 Å². The van der Waals surface area contributed by atoms with Gasteiger partial charge in [0.15, 0.2) is 0 Å². The number of aromatic nitrogens is 4. The van der Waals surface area contributed by atoms with Crippen molar-refractivity contribution in [2.75, 3.05) is 13.2 Å². The predicted molar refractivity (Wildman–Crippen MR) is 93.5 cm³/mol. The molecular formula is C18H21N5O3. The zero-order chi connectivity index (χ0) is 18.1. The fourth-order valence-electron chi connectivity index (χ4n) is 3.41. The number of aryl methyl sites for hydroxylation is 2. The highest BCUT2D eigenvalue weighted by molar-refractivity contribution is 5.97. The summed E-state index contributed by atoms with van der Waals surface area (Å²) in [7, 11) is 1.94. The first-order valence-electron chi connectivity index (χ1n) is 8.71. The highest BCUT2D eigenvalue weighted by atomic mass is 16.5. The fourth-order valence-corrected chi connectivity index (χ4v) is 3.41. The van der Waals surface area contributed by atoms with E-state index < -0.39 is 0 Å². The second kappa shape index (κ2) is 6.87. The Kier molecular flexibility index (Phi) is 4.42. The van der Waals surface area contributed by atoms with Crippen LogP contribution in [0.15, 0.2) is 29.2 Å². The average molecular weight is 355 g/mol. The average Bonchev–Trinajstić information content (AvgIpc) is 3.26. The first-order valence-corrected chi connectivity index (χ1v) is 8.71. The molecule has 0 spiro atoms. The number of pyridine rings is 1. The van der Waals surface area contributed by atoms with Gasteiger partial charge >= 0.3 is 0 Å². The smallest absolute Gasteiger partial charge is 0.257 e. The van der Waals surface area contributed by atoms with Crippen molar-refractivity contribution in [3.05, 3.63) is 41.7 Å². The Morgan fingerprint density at radius 3 is 2.88 bits per heavy atom. The Bertz CT molecular complexity index is 926. The minimum Gasteiger partial charge on any atom is -0.381 e. The lowest BCUT2D eigenvalue weighted by Crippen LogP contribution is -2.37. The number of hydrogen-bond donors (Lipinski definition) is 1. The van der Waals surface area contributed by atoms with Gasteiger partial charge in [-0.1, -0.05) is 5.16 Å². The van der Waals surface area contributed by atoms with E-state index >= 15 is 0 Å². The third-order valence-corrected chi connectivity index (χ3v) is 4.93. The van der Waals surface area contributed by atoms with E-state index in [0.29, 0.717) is 30.2 Å². The van der Waals surface area contributed by atoms with Gasteiger partial charge in [0.25, 0.3) is 11.6 Å². The summed E-state index contributed by atoms with van der Waals surface area (Å²) < 4.78 is 12.5. The van der Waals surface area contributed by atoms with Crippen LogP contribution in [0.5, 0.6) is 0 Å². The molecule has 1 N–H and O–H groups in total. The van der Waals surface area contributed by atoms with Crippen LogP contribution in [0.4, 0.5) is 0 Å². The number of rotatable bonds is 4. The first kappa shape index (κ1) is 16.7. The van der Waals surface area contributed by atoms with Crippen molar-refractivity contribution in [1.82, 2.24) is 25.0 Å². The van der Waals surface area contributed by atoms with Gasteiger partial charge in [0.2, 0.25) is 0 Å². The van der Waals surface area contributed by atoms with Crippen LogP contribution < -0.4 is 5.32 Å². The Morgan fingerprint density at radius 2 is 2.15 bits per heavy atom. The Balaban J connectivity index is 1.62. The van der Waals surface area contributed by atoms with E-state index in [0.717, 1.165) is 24.1 Å². The lowest BCUT2D eigenvalue weighted by atomic mass is 9.91. The van der Waals surface area contributed by atoms with Crippen molar-refractivity contribution in [2.24, 2.45) is 13.0 Å². The van der Waals surface area contributed by atoms with E-state index in [2.05, 4.69) is 20.4 Å². The zero-order valence-corrected chi connectivity index (χ0v) is 14.8. The number of carbonyl (C=O) groups is 1. The molecule has 1 amide bonds. The van der Waals surface area contributed by atoms with E-state index in [4.69, 9.17) is 9.26 Å². The molecule has 0 aliphatic carbocycles. The number of imidazole rings is 1. The molecule has 4 heterocycles. The van der Waals surface area contributed by atoms with Crippen molar-refractivity contribution in [3.63, 3.8) is 0 Å². The highest BCUT2D eigenvalue weighted by Crippen LogP contribution is 2.29. The van der Waals surface area contributed by atoms with Crippen molar-refractivity contribution in [1.29, 1.82) is 0 Å². The summed E-state index contributed by atoms with van der Waals surface area (Å²) in [6, 6.07) is 1.59. The van der Waals surface area contributed by atoms with Crippen LogP contribution in [-0.2, 0) is 11.8 Å². The molecule has 136 valence electrons. The number of ether oxygens (including phenoxy) is 1. The number of nitrogens with zero attached hydrogens (tertiary/aromatic N) is 4. The monoisotopic (exact) mass is 355 g/mol. The Morgan fingerprint density at radius 1 is 1.35 bits per heavy atom. The molecule has 0 saturated carbocycles. The molecule has 0 bridgehead atoms. The second-order valence-electron chi connectivity index (χ2n) is 6.64. The minimum atomic E-state index is -0.181. The maximum absolute atomic E-state index is 12.9. The van der Waals surface area contributed by atoms with Crippen molar-refractivity contribution < 1.29 is 14.1 Å². The Labute approximate surface area is 150 Å². The SMILES string of the molecule is Cc1noc2ncc(C(=O)NC(c3nccn3C)C3CCOCC3)cc12. The summed E-state index contributed by atoms with van der Waals surface area (Å²) in [5.74, 6) is 0.947. The van der Waals surface area contributed by atoms with E-state index in [1.165, 1.54) is 6.20 Å². The van der Waals surface area contributed by atoms with E-state index in [1.54, 1.807) is 12.3 Å². The zero-order valence-electron chi connectivity index (χ0n) is 14.8. The standard InChI is InChI=1S/C18H21N5O3/c1-11-14-9-13(10-20-18(14)26-22-11)17(24)21-15(12-3-7-25-8-4-12)16-19-5-6-23(16)2/h5-6,9-10,12,15H,3-4,7-8H2,1-2H3,(H,21,24). The predicted octanol–water partition coefficient (Wildman–Crippen LogP) is 2.16. The molecule has 1 unspecified atom stereocenters. The summed E-state index contributed by atoms with van der Waals surface area (Å²) in [6.07, 6.45) is 6.94. The summed E-state index contributed by atoms with van der Waals surface area (Å²) >= 11 is 0. The minimum absolute atomic E-state index is 0.175. The fraction of sp³-hybridized carbons (Fsp3) is 0.444. The number of amides is 1. The maximum Gasteiger partial charge on any atom is 0.257 e. The van der Waals surface area contributed by atoms with Crippen molar-refractivity contribution >= 4 is 17.0 Å². The van der Waals surface area contributed by atoms with Crippen LogP contribution in [0.25, 0.3) is 11.1 Å². The molecule has 1 aliphatic rings. The summed E-state index contributed by atoms with van der Waals surface area (Å²) in [4.78, 5) is 21.6. The van der Waals surface area contributed by atoms with Gasteiger partial charge in [0.1, 0.15) is 5.82 Å². The third-order valence-electron chi connectivity index (χ3n) is 4.93. The van der Waals surface area contributed by atoms with E-state index in [9.17, 15) is 4.79 Å². The molecule has 1 aliphatic heterocycles. The molecule has 26 heavy (non-hydrogen) atoms. The van der Waals surface area contributed by atoms with Gasteiger partial charge in [-0.15, -0.1) is 0 Å². The van der Waals surface area contributed by atoms with Crippen LogP contribution in [-0.4, -0.2) is 38.8 Å². The van der Waals surface area contributed by atoms with Gasteiger partial charge < -0.3 is 19.1 Å². The van der Waals surface area contributed by atoms with Gasteiger partial charge in [0.05, 0.1) is 22.7 Å². The van der Waals surface area contributed by atoms with Crippen LogP contribution in [0.2, 0.25) is 0 Å². The number of carbonyl (C=O) groups excluding carboxylic acids is 1. The summed E-state index contributed by atoms with van der Waals surface area (Å²) in [5.41, 5.74) is 1.63. The van der Waals surface area contributed by atoms with Gasteiger partial charge in [-0.25, -0.2) is 9.97 Å². The van der Waals surface area contributed by atoms with Crippen LogP contribution in [0.3, 0.4) is 0 Å². The molecule has 1 fully saturated rings. The van der Waals surface area contributed by atoms with Gasteiger partial charge in [-0.05, 0) is 31.7 Å². The molecule has 8 heteroatoms. The van der Waals surface area contributed by atoms with Crippen molar-refractivity contribution in [2.45, 2.75) is 25.8 Å². The Hall–Kier alpha value is -2.74. The van der Waals surface area contributed by atoms with Gasteiger partial charge in [-0.3, -0.25) is 4.79 Å². The lowest BCUT2D eigenvalue weighted by molar-refractivity contribution is 0.0499. The summed E-state index contributed by atoms with van der Waals surface area (Å²) in [6.45, 7) is 3.23. The third kappa shape index (κ3) is 3.08. The molecule has 3 aromatic rings. The van der Waals surface area contributed by atoms with Crippen LogP contribution >= 0.6 is 0 Å². The number of nitrogens with one attached hydrogen (secondary N) is 1. The second-order valence-corrected chi connectivity index (χ2v) is 6.64. The molecule has 8 nitrogen and oxygen atoms in total. The summed E-state index contributed by atoms with van der Waals surface area (Å²) in [5, 5.41) is 7.79. The molecule has 0 aromatic carbocycles. The molecule has 3 aromatic heterocycles. The number of hydrogen-bond acceptors (Lipinski definition) is 6. The maximum atomic E-state index is 12.9. The molecule has 0 radical (unpaired) electrons. The topological polar surface area (TPSA) is 95.1 Å². The normalized spacial score (nSPS) is 16.7. The van der Waals surface area contributed by atoms with Gasteiger partial charge in [-0.2, -0.15) is 0 Å². The molecule has 1 atom stereocenters. The number of fused-ring (bicyclic) bond motifs is 1. The lowest BCUT2D eigenvalue weighted by Gasteiger charge is -2.30. The van der Waals surface area contributed by atoms with Crippen LogP contribution in [0.1, 0.15) is 40.8 Å². The quantitative estimate of drug-likeness (QED) is 0.771. The highest BCUT2D eigenvalue weighted by Gasteiger charge is 2.30. The van der Waals surface area contributed by atoms with Crippen molar-refractivity contribution in [3.8, 4) is 0 Å². The molecular weight excluding hydrogens is 334 g/mol. The molecule has 1 saturated heterocycles. The van der Waals surface area contributed by atoms with Gasteiger partial charge in [0, 0.05) is 38.9 Å². The van der Waals surface area contributed by atoms with Crippen LogP contribution in [0, 0.1) is 12.8 Å². The largest absolute Gasteiger partial charge is 0.381 e.